The first-order valence-electron chi connectivity index (χ1n) is 7.63. The van der Waals surface area contributed by atoms with Gasteiger partial charge in [0.2, 0.25) is 20.0 Å². The molecule has 28 heavy (non-hydrogen) atoms. The van der Waals surface area contributed by atoms with Gasteiger partial charge in [-0.2, -0.15) is 0 Å². The summed E-state index contributed by atoms with van der Waals surface area (Å²) in [6.07, 6.45) is 0. The van der Waals surface area contributed by atoms with Crippen molar-refractivity contribution < 1.29 is 26.7 Å². The number of aliphatic carboxylic acids is 1. The Kier molecular flexibility index (Phi) is 5.02. The fraction of sp³-hybridized carbons (Fsp3) is 0.133. The molecule has 0 amide bonds. The number of anilines is 2. The number of nitrogens with two attached hydrogens (primary N) is 2. The number of primary sulfonamides is 2. The van der Waals surface area contributed by atoms with E-state index in [1.165, 1.54) is 0 Å². The summed E-state index contributed by atoms with van der Waals surface area (Å²) in [5.74, 6) is -1.18. The Morgan fingerprint density at radius 2 is 1.68 bits per heavy atom. The zero-order valence-corrected chi connectivity index (χ0v) is 16.3. The van der Waals surface area contributed by atoms with Crippen LogP contribution in [-0.2, 0) is 24.8 Å². The van der Waals surface area contributed by atoms with Crippen molar-refractivity contribution in [2.45, 2.75) is 21.9 Å². The summed E-state index contributed by atoms with van der Waals surface area (Å²) in [5, 5.41) is 25.0. The van der Waals surface area contributed by atoms with Crippen LogP contribution in [0.25, 0.3) is 0 Å². The number of benzene rings is 2. The molecule has 10 nitrogen and oxygen atoms in total. The van der Waals surface area contributed by atoms with Gasteiger partial charge in [-0.3, -0.25) is 0 Å². The minimum atomic E-state index is -4.40. The molecular formula is C15H15ClN4O6S2. The first kappa shape index (κ1) is 20.4. The third-order valence-corrected chi connectivity index (χ3v) is 6.49. The van der Waals surface area contributed by atoms with Crippen LogP contribution in [0.15, 0.2) is 46.2 Å². The van der Waals surface area contributed by atoms with E-state index in [9.17, 15) is 26.7 Å². The number of nitrogens with one attached hydrogen (secondary N) is 2. The van der Waals surface area contributed by atoms with Gasteiger partial charge in [-0.15, -0.1) is 0 Å². The summed E-state index contributed by atoms with van der Waals surface area (Å²) in [6, 6.07) is 6.50. The highest BCUT2D eigenvalue weighted by atomic mass is 35.5. The number of hydrogen-bond donors (Lipinski definition) is 5. The zero-order chi connectivity index (χ0) is 20.9. The van der Waals surface area contributed by atoms with Gasteiger partial charge in [0.05, 0.1) is 16.8 Å². The molecule has 1 heterocycles. The standard InChI is InChI=1S/C15H15ClN4O6S2/c16-8-5-10(12(28(18,25)26)6-11(8)27(17,23)24)20-13-7-3-1-2-4-9(7)19-14(13)15(21)22/h1-6,13-14,19-20H,(H,21,22)(H2,17,23,24)(H2,18,25,26). The van der Waals surface area contributed by atoms with Crippen molar-refractivity contribution in [3.63, 3.8) is 0 Å². The van der Waals surface area contributed by atoms with Crippen LogP contribution in [0.2, 0.25) is 5.02 Å². The average Bonchev–Trinajstić information content (AvgIpc) is 2.91. The van der Waals surface area contributed by atoms with Gasteiger partial charge in [-0.1, -0.05) is 29.8 Å². The third-order valence-electron chi connectivity index (χ3n) is 4.16. The summed E-state index contributed by atoms with van der Waals surface area (Å²) in [5.41, 5.74) is 0.966. The lowest BCUT2D eigenvalue weighted by Crippen LogP contribution is -2.34. The van der Waals surface area contributed by atoms with Gasteiger partial charge in [-0.25, -0.2) is 31.9 Å². The van der Waals surface area contributed by atoms with Gasteiger partial charge in [0, 0.05) is 11.3 Å². The Balaban J connectivity index is 2.16. The maximum atomic E-state index is 12.0. The van der Waals surface area contributed by atoms with Crippen LogP contribution in [0, 0.1) is 0 Å². The van der Waals surface area contributed by atoms with E-state index in [4.69, 9.17) is 21.9 Å². The first-order valence-corrected chi connectivity index (χ1v) is 11.1. The van der Waals surface area contributed by atoms with Gasteiger partial charge in [0.25, 0.3) is 0 Å². The Bertz CT molecular complexity index is 1180. The fourth-order valence-electron chi connectivity index (χ4n) is 2.96. The van der Waals surface area contributed by atoms with E-state index in [1.807, 2.05) is 0 Å². The SMILES string of the molecule is NS(=O)(=O)c1cc(S(N)(=O)=O)c(NC2c3ccccc3NC2C(=O)O)cc1Cl. The molecule has 0 aliphatic carbocycles. The van der Waals surface area contributed by atoms with E-state index in [0.29, 0.717) is 11.3 Å². The lowest BCUT2D eigenvalue weighted by Gasteiger charge is -2.22. The van der Waals surface area contributed by atoms with Crippen LogP contribution in [0.3, 0.4) is 0 Å². The molecule has 0 spiro atoms. The van der Waals surface area contributed by atoms with Crippen LogP contribution in [0.1, 0.15) is 11.6 Å². The number of carboxylic acid groups (broad SMARTS) is 1. The van der Waals surface area contributed by atoms with E-state index >= 15 is 0 Å². The number of sulfonamides is 2. The number of halogens is 1. The molecule has 0 aromatic heterocycles. The van der Waals surface area contributed by atoms with Crippen molar-refractivity contribution in [2.75, 3.05) is 10.6 Å². The normalized spacial score (nSPS) is 19.0. The number of hydrogen-bond acceptors (Lipinski definition) is 7. The molecule has 2 atom stereocenters. The molecule has 1 aliphatic heterocycles. The van der Waals surface area contributed by atoms with Crippen LogP contribution in [-0.4, -0.2) is 34.0 Å². The number of para-hydroxylation sites is 1. The minimum absolute atomic E-state index is 0.158. The molecule has 0 saturated carbocycles. The smallest absolute Gasteiger partial charge is 0.328 e. The highest BCUT2D eigenvalue weighted by Crippen LogP contribution is 2.39. The van der Waals surface area contributed by atoms with E-state index in [2.05, 4.69) is 10.6 Å². The molecule has 7 N–H and O–H groups in total. The molecule has 0 fully saturated rings. The van der Waals surface area contributed by atoms with Gasteiger partial charge in [0.1, 0.15) is 15.8 Å². The number of carboxylic acids is 1. The van der Waals surface area contributed by atoms with Crippen LogP contribution >= 0.6 is 11.6 Å². The van der Waals surface area contributed by atoms with Crippen molar-refractivity contribution >= 4 is 49.0 Å². The molecular weight excluding hydrogens is 432 g/mol. The second-order valence-electron chi connectivity index (χ2n) is 6.04. The summed E-state index contributed by atoms with van der Waals surface area (Å²) in [7, 11) is -8.72. The molecule has 13 heteroatoms. The predicted octanol–water partition coefficient (Wildman–Crippen LogP) is 0.667. The van der Waals surface area contributed by atoms with Crippen molar-refractivity contribution in [2.24, 2.45) is 10.3 Å². The highest BCUT2D eigenvalue weighted by molar-refractivity contribution is 7.90. The fourth-order valence-corrected chi connectivity index (χ4v) is 4.84. The Hall–Kier alpha value is -2.38. The molecule has 0 bridgehead atoms. The molecule has 1 aliphatic rings. The molecule has 0 radical (unpaired) electrons. The van der Waals surface area contributed by atoms with E-state index in [0.717, 1.165) is 12.1 Å². The summed E-state index contributed by atoms with van der Waals surface area (Å²) >= 11 is 5.95. The van der Waals surface area contributed by atoms with Gasteiger partial charge in [0.15, 0.2) is 0 Å². The molecule has 3 rings (SSSR count). The van der Waals surface area contributed by atoms with Crippen LogP contribution in [0.5, 0.6) is 0 Å². The zero-order valence-electron chi connectivity index (χ0n) is 14.0. The second kappa shape index (κ2) is 6.90. The first-order chi connectivity index (χ1) is 12.9. The monoisotopic (exact) mass is 446 g/mol. The number of carbonyl (C=O) groups is 1. The minimum Gasteiger partial charge on any atom is -0.480 e. The van der Waals surface area contributed by atoms with Crippen molar-refractivity contribution in [1.29, 1.82) is 0 Å². The highest BCUT2D eigenvalue weighted by Gasteiger charge is 2.38. The van der Waals surface area contributed by atoms with Gasteiger partial charge < -0.3 is 15.7 Å². The van der Waals surface area contributed by atoms with E-state index in [-0.39, 0.29) is 10.7 Å². The summed E-state index contributed by atoms with van der Waals surface area (Å²) < 4.78 is 47.3. The van der Waals surface area contributed by atoms with E-state index < -0.39 is 47.9 Å². The lowest BCUT2D eigenvalue weighted by molar-refractivity contribution is -0.138. The van der Waals surface area contributed by atoms with Crippen LogP contribution < -0.4 is 20.9 Å². The number of fused-ring (bicyclic) bond motifs is 1. The van der Waals surface area contributed by atoms with Crippen molar-refractivity contribution in [1.82, 2.24) is 0 Å². The Morgan fingerprint density at radius 1 is 1.07 bits per heavy atom. The average molecular weight is 447 g/mol. The largest absolute Gasteiger partial charge is 0.480 e. The number of rotatable bonds is 5. The summed E-state index contributed by atoms with van der Waals surface area (Å²) in [6.45, 7) is 0. The quantitative estimate of drug-likeness (QED) is 0.443. The molecule has 2 aromatic carbocycles. The molecule has 0 saturated heterocycles. The van der Waals surface area contributed by atoms with Crippen molar-refractivity contribution in [3.8, 4) is 0 Å². The molecule has 150 valence electrons. The van der Waals surface area contributed by atoms with Gasteiger partial charge in [-0.05, 0) is 18.2 Å². The topological polar surface area (TPSA) is 182 Å². The molecule has 2 aromatic rings. The predicted molar refractivity (Wildman–Crippen MR) is 102 cm³/mol. The van der Waals surface area contributed by atoms with E-state index in [1.54, 1.807) is 24.3 Å². The summed E-state index contributed by atoms with van der Waals surface area (Å²) in [4.78, 5) is 10.4. The maximum absolute atomic E-state index is 12.0. The third kappa shape index (κ3) is 3.77. The van der Waals surface area contributed by atoms with Crippen molar-refractivity contribution in [3.05, 3.63) is 47.0 Å². The Morgan fingerprint density at radius 3 is 2.25 bits per heavy atom. The maximum Gasteiger partial charge on any atom is 0.328 e. The molecule has 2 unspecified atom stereocenters. The Labute approximate surface area is 165 Å². The van der Waals surface area contributed by atoms with Gasteiger partial charge >= 0.3 is 5.97 Å². The lowest BCUT2D eigenvalue weighted by atomic mass is 10.0. The second-order valence-corrected chi connectivity index (χ2v) is 9.51. The van der Waals surface area contributed by atoms with Crippen LogP contribution in [0.4, 0.5) is 11.4 Å².